The Bertz CT molecular complexity index is 1290. The maximum absolute atomic E-state index is 13.5. The Morgan fingerprint density at radius 1 is 1.15 bits per heavy atom. The fourth-order valence-corrected chi connectivity index (χ4v) is 4.76. The van der Waals surface area contributed by atoms with Gasteiger partial charge in [0.25, 0.3) is 11.8 Å². The first kappa shape index (κ1) is 21.2. The zero-order valence-corrected chi connectivity index (χ0v) is 18.4. The van der Waals surface area contributed by atoms with Gasteiger partial charge in [0.2, 0.25) is 5.95 Å². The van der Waals surface area contributed by atoms with Crippen LogP contribution in [-0.4, -0.2) is 58.1 Å². The molecule has 3 N–H and O–H groups in total. The first-order valence-corrected chi connectivity index (χ1v) is 11.4. The molecule has 6 rings (SSSR count). The van der Waals surface area contributed by atoms with E-state index in [2.05, 4.69) is 20.3 Å². The molecule has 10 heteroatoms. The molecular formula is C24H24F2N6O2. The van der Waals surface area contributed by atoms with Gasteiger partial charge in [-0.2, -0.15) is 9.97 Å². The quantitative estimate of drug-likeness (QED) is 0.608. The van der Waals surface area contributed by atoms with Crippen molar-refractivity contribution in [1.29, 1.82) is 0 Å². The summed E-state index contributed by atoms with van der Waals surface area (Å²) in [5.74, 6) is -2.16. The Morgan fingerprint density at radius 2 is 1.97 bits per heavy atom. The predicted octanol–water partition coefficient (Wildman–Crippen LogP) is 3.17. The van der Waals surface area contributed by atoms with Gasteiger partial charge in [-0.1, -0.05) is 12.1 Å². The van der Waals surface area contributed by atoms with Crippen LogP contribution in [0.25, 0.3) is 22.3 Å². The highest BCUT2D eigenvalue weighted by molar-refractivity contribution is 5.96. The second-order valence-corrected chi connectivity index (χ2v) is 9.47. The first-order chi connectivity index (χ1) is 16.3. The molecule has 2 aliphatic carbocycles. The Morgan fingerprint density at radius 3 is 2.74 bits per heavy atom. The van der Waals surface area contributed by atoms with Gasteiger partial charge in [0.1, 0.15) is 5.82 Å². The van der Waals surface area contributed by atoms with Crippen LogP contribution in [0, 0.1) is 0 Å². The number of pyridine rings is 1. The van der Waals surface area contributed by atoms with Crippen molar-refractivity contribution in [2.24, 2.45) is 0 Å². The van der Waals surface area contributed by atoms with Crippen LogP contribution in [0.2, 0.25) is 0 Å². The molecule has 1 spiro atoms. The average Bonchev–Trinajstić information content (AvgIpc) is 3.61. The molecular weight excluding hydrogens is 442 g/mol. The van der Waals surface area contributed by atoms with Gasteiger partial charge in [-0.25, -0.2) is 13.8 Å². The number of hydrogen-bond donors (Lipinski definition) is 2. The molecule has 3 aromatic rings. The highest BCUT2D eigenvalue weighted by atomic mass is 19.3. The summed E-state index contributed by atoms with van der Waals surface area (Å²) in [5.41, 5.74) is 7.75. The van der Waals surface area contributed by atoms with Crippen LogP contribution in [0.4, 0.5) is 20.5 Å². The van der Waals surface area contributed by atoms with Gasteiger partial charge in [-0.3, -0.25) is 4.79 Å². The van der Waals surface area contributed by atoms with Crippen molar-refractivity contribution in [3.8, 4) is 11.3 Å². The van der Waals surface area contributed by atoms with Crippen LogP contribution < -0.4 is 16.0 Å². The number of amides is 1. The molecule has 3 heterocycles. The predicted molar refractivity (Wildman–Crippen MR) is 123 cm³/mol. The van der Waals surface area contributed by atoms with Gasteiger partial charge in [0.05, 0.1) is 29.8 Å². The highest BCUT2D eigenvalue weighted by Crippen LogP contribution is 2.49. The number of nitrogen functional groups attached to an aromatic ring is 1. The molecule has 176 valence electrons. The normalized spacial score (nSPS) is 20.8. The van der Waals surface area contributed by atoms with E-state index in [9.17, 15) is 13.6 Å². The molecule has 2 saturated carbocycles. The van der Waals surface area contributed by atoms with E-state index in [0.717, 1.165) is 18.4 Å². The average molecular weight is 466 g/mol. The monoisotopic (exact) mass is 466 g/mol. The molecule has 0 bridgehead atoms. The largest absolute Gasteiger partial charge is 0.383 e. The molecule has 1 saturated heterocycles. The van der Waals surface area contributed by atoms with Gasteiger partial charge in [-0.15, -0.1) is 0 Å². The van der Waals surface area contributed by atoms with Crippen molar-refractivity contribution in [3.63, 3.8) is 0 Å². The number of nitrogens with one attached hydrogen (secondary N) is 1. The number of fused-ring (bicyclic) bond motifs is 1. The van der Waals surface area contributed by atoms with Crippen LogP contribution >= 0.6 is 0 Å². The third kappa shape index (κ3) is 3.91. The number of ether oxygens (including phenoxy) is 1. The Hall–Kier alpha value is -3.40. The Balaban J connectivity index is 1.30. The molecule has 1 aliphatic heterocycles. The minimum Gasteiger partial charge on any atom is -0.383 e. The molecule has 2 aromatic heterocycles. The lowest BCUT2D eigenvalue weighted by Crippen LogP contribution is -2.63. The topological polar surface area (TPSA) is 106 Å². The minimum atomic E-state index is -2.69. The van der Waals surface area contributed by atoms with Crippen molar-refractivity contribution >= 4 is 28.7 Å². The van der Waals surface area contributed by atoms with E-state index < -0.39 is 11.5 Å². The summed E-state index contributed by atoms with van der Waals surface area (Å²) in [7, 11) is 0. The minimum absolute atomic E-state index is 0.0955. The van der Waals surface area contributed by atoms with Crippen LogP contribution in [0.1, 0.15) is 36.0 Å². The van der Waals surface area contributed by atoms with Gasteiger partial charge >= 0.3 is 0 Å². The summed E-state index contributed by atoms with van der Waals surface area (Å²) < 4.78 is 32.8. The van der Waals surface area contributed by atoms with E-state index in [-0.39, 0.29) is 37.2 Å². The van der Waals surface area contributed by atoms with Crippen molar-refractivity contribution in [2.45, 2.75) is 43.2 Å². The maximum atomic E-state index is 13.5. The first-order valence-electron chi connectivity index (χ1n) is 11.4. The molecule has 8 nitrogen and oxygen atoms in total. The fourth-order valence-electron chi connectivity index (χ4n) is 4.76. The zero-order chi connectivity index (χ0) is 23.5. The highest BCUT2D eigenvalue weighted by Gasteiger charge is 2.59. The number of halogens is 2. The van der Waals surface area contributed by atoms with Gasteiger partial charge in [0, 0.05) is 36.6 Å². The summed E-state index contributed by atoms with van der Waals surface area (Å²) in [5, 5.41) is 3.60. The summed E-state index contributed by atoms with van der Waals surface area (Å²) in [6, 6.07) is 11.2. The van der Waals surface area contributed by atoms with Gasteiger partial charge in [-0.05, 0) is 37.1 Å². The molecule has 34 heavy (non-hydrogen) atoms. The number of carbonyl (C=O) groups excluding carboxylic acids is 1. The maximum Gasteiger partial charge on any atom is 0.253 e. The van der Waals surface area contributed by atoms with Crippen LogP contribution in [0.3, 0.4) is 0 Å². The van der Waals surface area contributed by atoms with Crippen molar-refractivity contribution in [3.05, 3.63) is 42.0 Å². The molecule has 1 amide bonds. The zero-order valence-electron chi connectivity index (χ0n) is 18.4. The number of morpholine rings is 1. The fraction of sp³-hybridized carbons (Fsp3) is 0.417. The van der Waals surface area contributed by atoms with Gasteiger partial charge in [0.15, 0.2) is 5.65 Å². The van der Waals surface area contributed by atoms with Crippen molar-refractivity contribution in [2.75, 3.05) is 30.3 Å². The lowest BCUT2D eigenvalue weighted by molar-refractivity contribution is -0.230. The summed E-state index contributed by atoms with van der Waals surface area (Å²) in [6.07, 6.45) is 1.45. The summed E-state index contributed by atoms with van der Waals surface area (Å²) in [6.45, 7) is 1.09. The number of rotatable bonds is 4. The Kier molecular flexibility index (Phi) is 4.70. The number of alkyl halides is 2. The molecule has 1 aromatic carbocycles. The number of nitrogens with two attached hydrogens (primary N) is 1. The molecule has 0 radical (unpaired) electrons. The van der Waals surface area contributed by atoms with Gasteiger partial charge < -0.3 is 20.7 Å². The van der Waals surface area contributed by atoms with Crippen molar-refractivity contribution in [1.82, 2.24) is 20.3 Å². The summed E-state index contributed by atoms with van der Waals surface area (Å²) in [4.78, 5) is 28.0. The third-order valence-corrected chi connectivity index (χ3v) is 6.60. The SMILES string of the molecule is Nc1nc(N2CCOC3(C2)CC(F)(F)C3)nc2nc(-c3cccc(C(=O)NC4CC4)c3)ccc12. The lowest BCUT2D eigenvalue weighted by atomic mass is 9.75. The van der Waals surface area contributed by atoms with E-state index in [4.69, 9.17) is 10.5 Å². The second-order valence-electron chi connectivity index (χ2n) is 9.47. The number of nitrogens with zero attached hydrogens (tertiary/aromatic N) is 4. The van der Waals surface area contributed by atoms with E-state index in [1.165, 1.54) is 0 Å². The lowest BCUT2D eigenvalue weighted by Gasteiger charge is -2.51. The van der Waals surface area contributed by atoms with Crippen molar-refractivity contribution < 1.29 is 18.3 Å². The molecule has 3 fully saturated rings. The number of anilines is 2. The van der Waals surface area contributed by atoms with E-state index in [1.54, 1.807) is 18.2 Å². The van der Waals surface area contributed by atoms with Crippen LogP contribution in [0.5, 0.6) is 0 Å². The van der Waals surface area contributed by atoms with Crippen LogP contribution in [0.15, 0.2) is 36.4 Å². The molecule has 0 atom stereocenters. The van der Waals surface area contributed by atoms with Crippen LogP contribution in [-0.2, 0) is 4.74 Å². The summed E-state index contributed by atoms with van der Waals surface area (Å²) >= 11 is 0. The number of hydrogen-bond acceptors (Lipinski definition) is 7. The number of carbonyl (C=O) groups is 1. The Labute approximate surface area is 194 Å². The molecule has 0 unspecified atom stereocenters. The number of benzene rings is 1. The van der Waals surface area contributed by atoms with E-state index in [1.807, 2.05) is 23.1 Å². The third-order valence-electron chi connectivity index (χ3n) is 6.60. The second kappa shape index (κ2) is 7.56. The smallest absolute Gasteiger partial charge is 0.253 e. The number of aromatic nitrogens is 3. The standard InChI is InChI=1S/C24H24F2N6O2/c25-24(26)11-23(12-24)13-32(8-9-34-23)22-30-19(27)17-6-7-18(29-20(17)31-22)14-2-1-3-15(10-14)21(33)28-16-4-5-16/h1-3,6-7,10,16H,4-5,8-9,11-13H2,(H,28,33)(H2,27,29,30,31). The molecule has 3 aliphatic rings. The van der Waals surface area contributed by atoms with E-state index >= 15 is 0 Å². The van der Waals surface area contributed by atoms with E-state index in [0.29, 0.717) is 41.4 Å².